The zero-order chi connectivity index (χ0) is 19.9. The molecule has 0 bridgehead atoms. The number of likely N-dealkylation sites (tertiary alicyclic amines) is 1. The van der Waals surface area contributed by atoms with Gasteiger partial charge in [-0.25, -0.2) is 0 Å². The van der Waals surface area contributed by atoms with E-state index in [1.165, 1.54) is 64.6 Å². The molecule has 2 atom stereocenters. The Hall–Kier alpha value is -0.0800. The Morgan fingerprint density at radius 2 is 1.89 bits per heavy atom. The molecule has 0 saturated carbocycles. The predicted octanol–water partition coefficient (Wildman–Crippen LogP) is 4.32. The lowest BCUT2D eigenvalue weighted by Gasteiger charge is -2.33. The van der Waals surface area contributed by atoms with Crippen LogP contribution in [0.25, 0.3) is 0 Å². The van der Waals surface area contributed by atoms with E-state index in [-0.39, 0.29) is 24.0 Å². The van der Waals surface area contributed by atoms with E-state index in [2.05, 4.69) is 55.1 Å². The molecule has 0 spiro atoms. The van der Waals surface area contributed by atoms with Crippen LogP contribution in [-0.4, -0.2) is 73.7 Å². The van der Waals surface area contributed by atoms with Crippen LogP contribution in [0.1, 0.15) is 79.6 Å². The first-order chi connectivity index (χ1) is 13.1. The number of hydrogen-bond donors (Lipinski definition) is 2. The SMILES string of the molecule is CCNC(=NCCCCN1CCCCC1C)NC(C)CCCN(CC)CC.I. The highest BCUT2D eigenvalue weighted by Crippen LogP contribution is 2.16. The van der Waals surface area contributed by atoms with Crippen molar-refractivity contribution in [3.8, 4) is 0 Å². The van der Waals surface area contributed by atoms with Crippen LogP contribution < -0.4 is 10.6 Å². The third-order valence-electron chi connectivity index (χ3n) is 5.80. The molecule has 2 N–H and O–H groups in total. The lowest BCUT2D eigenvalue weighted by atomic mass is 10.0. The third kappa shape index (κ3) is 12.5. The minimum absolute atomic E-state index is 0. The fourth-order valence-electron chi connectivity index (χ4n) is 3.89. The fraction of sp³-hybridized carbons (Fsp3) is 0.955. The van der Waals surface area contributed by atoms with Crippen molar-refractivity contribution in [2.75, 3.05) is 45.8 Å². The van der Waals surface area contributed by atoms with Crippen LogP contribution in [0.5, 0.6) is 0 Å². The van der Waals surface area contributed by atoms with Gasteiger partial charge in [-0.2, -0.15) is 0 Å². The van der Waals surface area contributed by atoms with Crippen molar-refractivity contribution in [3.05, 3.63) is 0 Å². The fourth-order valence-corrected chi connectivity index (χ4v) is 3.89. The van der Waals surface area contributed by atoms with Crippen molar-refractivity contribution in [1.29, 1.82) is 0 Å². The highest BCUT2D eigenvalue weighted by atomic mass is 127. The molecule has 0 aromatic carbocycles. The quantitative estimate of drug-likeness (QED) is 0.168. The number of aliphatic imine (C=N–C) groups is 1. The van der Waals surface area contributed by atoms with Crippen LogP contribution in [0, 0.1) is 0 Å². The highest BCUT2D eigenvalue weighted by Gasteiger charge is 2.16. The van der Waals surface area contributed by atoms with Crippen LogP contribution in [0.4, 0.5) is 0 Å². The summed E-state index contributed by atoms with van der Waals surface area (Å²) < 4.78 is 0. The van der Waals surface area contributed by atoms with E-state index in [9.17, 15) is 0 Å². The van der Waals surface area contributed by atoms with Crippen molar-refractivity contribution >= 4 is 29.9 Å². The Labute approximate surface area is 192 Å². The van der Waals surface area contributed by atoms with Crippen molar-refractivity contribution < 1.29 is 0 Å². The lowest BCUT2D eigenvalue weighted by Crippen LogP contribution is -2.42. The molecule has 1 fully saturated rings. The minimum atomic E-state index is 0. The summed E-state index contributed by atoms with van der Waals surface area (Å²) >= 11 is 0. The van der Waals surface area contributed by atoms with Crippen molar-refractivity contribution in [2.45, 2.75) is 91.6 Å². The molecule has 1 heterocycles. The molecule has 2 unspecified atom stereocenters. The maximum atomic E-state index is 4.80. The number of nitrogens with one attached hydrogen (secondary N) is 2. The van der Waals surface area contributed by atoms with E-state index >= 15 is 0 Å². The zero-order valence-electron chi connectivity index (χ0n) is 19.3. The van der Waals surface area contributed by atoms with Gasteiger partial charge in [0.2, 0.25) is 0 Å². The van der Waals surface area contributed by atoms with Gasteiger partial charge in [0.25, 0.3) is 0 Å². The van der Waals surface area contributed by atoms with Gasteiger partial charge in [0.1, 0.15) is 0 Å². The first-order valence-corrected chi connectivity index (χ1v) is 11.6. The van der Waals surface area contributed by atoms with Gasteiger partial charge in [0.15, 0.2) is 5.96 Å². The molecule has 1 rings (SSSR count). The first kappa shape index (κ1) is 27.9. The Morgan fingerprint density at radius 3 is 2.54 bits per heavy atom. The van der Waals surface area contributed by atoms with Crippen molar-refractivity contribution in [2.24, 2.45) is 4.99 Å². The monoisotopic (exact) mass is 509 g/mol. The average Bonchev–Trinajstić information content (AvgIpc) is 2.66. The normalized spacial score (nSPS) is 19.4. The smallest absolute Gasteiger partial charge is 0.191 e. The van der Waals surface area contributed by atoms with Gasteiger partial charge in [0, 0.05) is 25.2 Å². The molecule has 1 saturated heterocycles. The van der Waals surface area contributed by atoms with E-state index in [1.807, 2.05) is 0 Å². The van der Waals surface area contributed by atoms with Crippen LogP contribution in [0.3, 0.4) is 0 Å². The topological polar surface area (TPSA) is 42.9 Å². The van der Waals surface area contributed by atoms with E-state index in [4.69, 9.17) is 4.99 Å². The summed E-state index contributed by atoms with van der Waals surface area (Å²) in [6.45, 7) is 19.1. The minimum Gasteiger partial charge on any atom is -0.357 e. The lowest BCUT2D eigenvalue weighted by molar-refractivity contribution is 0.158. The number of hydrogen-bond acceptors (Lipinski definition) is 3. The summed E-state index contributed by atoms with van der Waals surface area (Å²) in [6, 6.07) is 1.24. The second kappa shape index (κ2) is 17.8. The first-order valence-electron chi connectivity index (χ1n) is 11.6. The number of piperidine rings is 1. The molecule has 28 heavy (non-hydrogen) atoms. The number of rotatable bonds is 13. The molecule has 0 aromatic rings. The second-order valence-corrected chi connectivity index (χ2v) is 8.06. The summed E-state index contributed by atoms with van der Waals surface area (Å²) in [5, 5.41) is 6.99. The van der Waals surface area contributed by atoms with E-state index in [0.717, 1.165) is 38.2 Å². The molecule has 5 nitrogen and oxygen atoms in total. The van der Waals surface area contributed by atoms with Gasteiger partial charge >= 0.3 is 0 Å². The molecule has 0 radical (unpaired) electrons. The van der Waals surface area contributed by atoms with Crippen LogP contribution >= 0.6 is 24.0 Å². The van der Waals surface area contributed by atoms with Crippen molar-refractivity contribution in [3.63, 3.8) is 0 Å². The van der Waals surface area contributed by atoms with E-state index < -0.39 is 0 Å². The average molecular weight is 510 g/mol. The van der Waals surface area contributed by atoms with E-state index in [1.54, 1.807) is 0 Å². The Morgan fingerprint density at radius 1 is 1.14 bits per heavy atom. The van der Waals surface area contributed by atoms with Crippen LogP contribution in [0.15, 0.2) is 4.99 Å². The largest absolute Gasteiger partial charge is 0.357 e. The van der Waals surface area contributed by atoms with Crippen LogP contribution in [-0.2, 0) is 0 Å². The standard InChI is InChI=1S/C22H47N5.HI/c1-6-23-22(25-20(4)14-13-17-26(7-2)8-3)24-16-10-12-19-27-18-11-9-15-21(27)5;/h20-21H,6-19H2,1-5H3,(H2,23,24,25);1H. The van der Waals surface area contributed by atoms with Crippen LogP contribution in [0.2, 0.25) is 0 Å². The predicted molar refractivity (Wildman–Crippen MR) is 135 cm³/mol. The summed E-state index contributed by atoms with van der Waals surface area (Å²) in [4.78, 5) is 9.95. The summed E-state index contributed by atoms with van der Waals surface area (Å²) in [6.07, 6.45) is 9.02. The molecule has 0 amide bonds. The van der Waals surface area contributed by atoms with Gasteiger partial charge in [-0.3, -0.25) is 4.99 Å². The number of halogens is 1. The Balaban J connectivity index is 0.00000729. The van der Waals surface area contributed by atoms with Gasteiger partial charge in [0.05, 0.1) is 0 Å². The third-order valence-corrected chi connectivity index (χ3v) is 5.80. The second-order valence-electron chi connectivity index (χ2n) is 8.06. The van der Waals surface area contributed by atoms with Gasteiger partial charge in [-0.1, -0.05) is 20.3 Å². The molecule has 168 valence electrons. The maximum Gasteiger partial charge on any atom is 0.191 e. The summed E-state index contributed by atoms with van der Waals surface area (Å²) in [7, 11) is 0. The number of guanidine groups is 1. The van der Waals surface area contributed by atoms with Gasteiger partial charge in [-0.15, -0.1) is 24.0 Å². The molecular weight excluding hydrogens is 461 g/mol. The summed E-state index contributed by atoms with van der Waals surface area (Å²) in [5.41, 5.74) is 0. The van der Waals surface area contributed by atoms with Gasteiger partial charge < -0.3 is 20.4 Å². The molecule has 1 aliphatic rings. The Kier molecular flexibility index (Phi) is 17.7. The summed E-state index contributed by atoms with van der Waals surface area (Å²) in [5.74, 6) is 0.985. The Bertz CT molecular complexity index is 387. The molecule has 0 aromatic heterocycles. The molecular formula is C22H48IN5. The molecule has 6 heteroatoms. The molecule has 1 aliphatic heterocycles. The zero-order valence-corrected chi connectivity index (χ0v) is 21.6. The van der Waals surface area contributed by atoms with E-state index in [0.29, 0.717) is 6.04 Å². The number of nitrogens with zero attached hydrogens (tertiary/aromatic N) is 3. The maximum absolute atomic E-state index is 4.80. The highest BCUT2D eigenvalue weighted by molar-refractivity contribution is 14.0. The molecule has 0 aliphatic carbocycles. The van der Waals surface area contributed by atoms with Gasteiger partial charge in [-0.05, 0) is 92.0 Å². The number of unbranched alkanes of at least 4 members (excludes halogenated alkanes) is 1. The van der Waals surface area contributed by atoms with Crippen molar-refractivity contribution in [1.82, 2.24) is 20.4 Å².